The van der Waals surface area contributed by atoms with Gasteiger partial charge < -0.3 is 5.32 Å². The monoisotopic (exact) mass is 475 g/mol. The predicted molar refractivity (Wildman–Crippen MR) is 131 cm³/mol. The van der Waals surface area contributed by atoms with Crippen LogP contribution in [-0.2, 0) is 12.8 Å². The summed E-state index contributed by atoms with van der Waals surface area (Å²) in [6.07, 6.45) is 1.32. The number of nitro groups is 1. The molecule has 1 atom stereocenters. The lowest BCUT2D eigenvalue weighted by Crippen LogP contribution is -2.44. The molecule has 10 heteroatoms. The van der Waals surface area contributed by atoms with Gasteiger partial charge in [0.1, 0.15) is 5.52 Å². The highest BCUT2D eigenvalue weighted by atomic mass is 16.6. The van der Waals surface area contributed by atoms with Gasteiger partial charge in [-0.3, -0.25) is 24.8 Å². The van der Waals surface area contributed by atoms with Crippen molar-refractivity contribution in [1.29, 1.82) is 0 Å². The van der Waals surface area contributed by atoms with E-state index in [-0.39, 0.29) is 17.2 Å². The normalized spacial score (nSPS) is 17.7. The van der Waals surface area contributed by atoms with Crippen LogP contribution in [0.3, 0.4) is 0 Å². The average molecular weight is 476 g/mol. The highest BCUT2D eigenvalue weighted by Gasteiger charge is 2.20. The van der Waals surface area contributed by atoms with E-state index >= 15 is 0 Å². The number of nitro benzene ring substituents is 1. The summed E-state index contributed by atoms with van der Waals surface area (Å²) in [5.74, 6) is 0. The molecule has 1 saturated heterocycles. The van der Waals surface area contributed by atoms with Crippen molar-refractivity contribution in [2.75, 3.05) is 45.8 Å². The van der Waals surface area contributed by atoms with E-state index in [0.717, 1.165) is 68.9 Å². The Hall–Kier alpha value is -2.92. The second-order valence-corrected chi connectivity index (χ2v) is 8.90. The van der Waals surface area contributed by atoms with Crippen LogP contribution in [0.5, 0.6) is 0 Å². The summed E-state index contributed by atoms with van der Waals surface area (Å²) in [7, 11) is 18.0. The zero-order valence-corrected chi connectivity index (χ0v) is 19.5. The van der Waals surface area contributed by atoms with Gasteiger partial charge in [-0.15, -0.1) is 0 Å². The first-order chi connectivity index (χ1) is 16.9. The summed E-state index contributed by atoms with van der Waals surface area (Å²) in [5, 5.41) is 21.7. The fourth-order valence-electron chi connectivity index (χ4n) is 4.29. The molecule has 35 heavy (non-hydrogen) atoms. The van der Waals surface area contributed by atoms with Crippen LogP contribution in [0.15, 0.2) is 41.0 Å². The zero-order valence-electron chi connectivity index (χ0n) is 19.5. The number of rotatable bonds is 8. The van der Waals surface area contributed by atoms with Crippen LogP contribution in [0.2, 0.25) is 0 Å². The van der Waals surface area contributed by atoms with Crippen molar-refractivity contribution in [3.8, 4) is 0 Å². The third-order valence-corrected chi connectivity index (χ3v) is 6.37. The molecule has 2 aromatic carbocycles. The van der Waals surface area contributed by atoms with Gasteiger partial charge in [0, 0.05) is 79.1 Å². The molecule has 0 spiro atoms. The van der Waals surface area contributed by atoms with E-state index in [9.17, 15) is 10.1 Å². The standard InChI is InChI=1S/C25H29N7O3/c1-26-22(18-31-14-12-29(2)10-11-30(3)13-15-31)17-20-6-4-19(5-7-20)16-21-8-9-23(32(33)34)25-24(21)27-35-28-25/h1-9,22,26H,10-18H2. The minimum absolute atomic E-state index is 0.0644. The first-order valence-electron chi connectivity index (χ1n) is 11.6. The Balaban J connectivity index is 1.38. The molecule has 0 aliphatic carbocycles. The zero-order chi connectivity index (χ0) is 24.8. The minimum Gasteiger partial charge on any atom is -0.306 e. The first-order valence-corrected chi connectivity index (χ1v) is 11.6. The lowest BCUT2D eigenvalue weighted by molar-refractivity contribution is -0.383. The highest BCUT2D eigenvalue weighted by molar-refractivity contribution is 5.86. The van der Waals surface area contributed by atoms with E-state index in [0.29, 0.717) is 11.9 Å². The van der Waals surface area contributed by atoms with Crippen molar-refractivity contribution in [2.45, 2.75) is 18.9 Å². The second-order valence-electron chi connectivity index (χ2n) is 8.90. The lowest BCUT2D eigenvalue weighted by atomic mass is 9.99. The van der Waals surface area contributed by atoms with Crippen LogP contribution in [0.25, 0.3) is 11.0 Å². The molecule has 1 aliphatic heterocycles. The molecule has 3 aromatic rings. The Morgan fingerprint density at radius 2 is 1.54 bits per heavy atom. The molecule has 2 heterocycles. The summed E-state index contributed by atoms with van der Waals surface area (Å²) in [5.41, 5.74) is 3.48. The van der Waals surface area contributed by atoms with Crippen LogP contribution < -0.4 is 5.32 Å². The van der Waals surface area contributed by atoms with Gasteiger partial charge in [0.15, 0.2) is 0 Å². The van der Waals surface area contributed by atoms with Crippen LogP contribution in [0.4, 0.5) is 5.69 Å². The van der Waals surface area contributed by atoms with Crippen LogP contribution in [-0.4, -0.2) is 81.8 Å². The summed E-state index contributed by atoms with van der Waals surface area (Å²) in [4.78, 5) is 16.6. The Bertz CT molecular complexity index is 1100. The summed E-state index contributed by atoms with van der Waals surface area (Å²) in [6, 6.07) is 11.4. The first kappa shape index (κ1) is 25.2. The number of aromatic nitrogens is 2. The number of non-ortho nitro benzene ring substituents is 1. The largest absolute Gasteiger partial charge is 0.306 e. The van der Waals surface area contributed by atoms with Gasteiger partial charge in [-0.1, -0.05) is 24.3 Å². The van der Waals surface area contributed by atoms with Crippen molar-refractivity contribution in [3.05, 3.63) is 84.3 Å². The number of hydrogen-bond acceptors (Lipinski definition) is 9. The van der Waals surface area contributed by atoms with Crippen molar-refractivity contribution in [2.24, 2.45) is 0 Å². The molecule has 1 unspecified atom stereocenters. The summed E-state index contributed by atoms with van der Waals surface area (Å²) >= 11 is 0. The van der Waals surface area contributed by atoms with E-state index in [1.807, 2.05) is 12.1 Å². The highest BCUT2D eigenvalue weighted by Crippen LogP contribution is 2.27. The van der Waals surface area contributed by atoms with Gasteiger partial charge in [0.25, 0.3) is 0 Å². The third kappa shape index (κ3) is 6.61. The maximum atomic E-state index is 11.2. The van der Waals surface area contributed by atoms with Gasteiger partial charge in [-0.2, -0.15) is 0 Å². The maximum Gasteiger partial charge on any atom is 0.300 e. The minimum atomic E-state index is -0.486. The average Bonchev–Trinajstić information content (AvgIpc) is 3.36. The van der Waals surface area contributed by atoms with Crippen molar-refractivity contribution in [3.63, 3.8) is 0 Å². The van der Waals surface area contributed by atoms with Gasteiger partial charge in [-0.05, 0) is 45.9 Å². The molecule has 0 amide bonds. The number of nitrogens with one attached hydrogen (secondary N) is 1. The third-order valence-electron chi connectivity index (χ3n) is 6.37. The van der Waals surface area contributed by atoms with E-state index < -0.39 is 4.92 Å². The van der Waals surface area contributed by atoms with Crippen molar-refractivity contribution >= 4 is 16.7 Å². The van der Waals surface area contributed by atoms with Crippen molar-refractivity contribution < 1.29 is 9.55 Å². The van der Waals surface area contributed by atoms with Crippen LogP contribution >= 0.6 is 0 Å². The maximum absolute atomic E-state index is 11.2. The predicted octanol–water partition coefficient (Wildman–Crippen LogP) is 2.15. The molecular formula is C25H29N7O3. The Morgan fingerprint density at radius 3 is 2.17 bits per heavy atom. The summed E-state index contributed by atoms with van der Waals surface area (Å²) < 4.78 is 4.76. The molecular weight excluding hydrogens is 446 g/mol. The van der Waals surface area contributed by atoms with E-state index in [2.05, 4.69) is 32.7 Å². The molecule has 6 radical (unpaired) electrons. The van der Waals surface area contributed by atoms with Gasteiger partial charge in [-0.25, -0.2) is 4.63 Å². The van der Waals surface area contributed by atoms with Crippen molar-refractivity contribution in [1.82, 2.24) is 30.3 Å². The fraction of sp³-hybridized carbons (Fsp3) is 0.400. The molecule has 10 nitrogen and oxygen atoms in total. The smallest absolute Gasteiger partial charge is 0.300 e. The van der Waals surface area contributed by atoms with Crippen LogP contribution in [0.1, 0.15) is 16.7 Å². The molecule has 0 bridgehead atoms. The molecule has 0 saturated carbocycles. The van der Waals surface area contributed by atoms with Crippen LogP contribution in [0, 0.1) is 31.3 Å². The number of hydrogen-bond donors (Lipinski definition) is 1. The summed E-state index contributed by atoms with van der Waals surface area (Å²) in [6.45, 7) is 5.51. The van der Waals surface area contributed by atoms with Gasteiger partial charge >= 0.3 is 5.69 Å². The lowest BCUT2D eigenvalue weighted by Gasteiger charge is -2.28. The molecule has 1 aromatic heterocycles. The number of benzene rings is 2. The van der Waals surface area contributed by atoms with Gasteiger partial charge in [0.05, 0.1) is 4.92 Å². The fourth-order valence-corrected chi connectivity index (χ4v) is 4.29. The number of nitrogens with zero attached hydrogens (tertiary/aromatic N) is 6. The molecule has 4 rings (SSSR count). The molecule has 1 N–H and O–H groups in total. The van der Waals surface area contributed by atoms with E-state index in [1.165, 1.54) is 6.07 Å². The SMILES string of the molecule is [CH]NC(Cc1ccc(Cc2ccc([N+](=O)[O-])c3nonc23)cc1)CN1CCN([CH])CCN([CH])CC1. The molecule has 1 aliphatic rings. The second kappa shape index (κ2) is 11.7. The van der Waals surface area contributed by atoms with Gasteiger partial charge in [0.2, 0.25) is 5.52 Å². The Morgan fingerprint density at radius 1 is 0.943 bits per heavy atom. The Kier molecular flexibility index (Phi) is 8.40. The Labute approximate surface area is 206 Å². The quantitative estimate of drug-likeness (QED) is 0.298. The van der Waals surface area contributed by atoms with E-state index in [1.54, 1.807) is 15.9 Å². The number of fused-ring (bicyclic) bond motifs is 1. The topological polar surface area (TPSA) is 104 Å². The molecule has 182 valence electrons. The van der Waals surface area contributed by atoms with E-state index in [4.69, 9.17) is 25.8 Å². The molecule has 1 fully saturated rings.